The van der Waals surface area contributed by atoms with Crippen LogP contribution in [0, 0.1) is 11.8 Å². The fourth-order valence-corrected chi connectivity index (χ4v) is 2.98. The van der Waals surface area contributed by atoms with Gasteiger partial charge in [0, 0.05) is 18.5 Å². The summed E-state index contributed by atoms with van der Waals surface area (Å²) in [4.78, 5) is 12.1. The maximum Gasteiger partial charge on any atom is 0.222 e. The number of nitrogens with one attached hydrogen (secondary N) is 1. The summed E-state index contributed by atoms with van der Waals surface area (Å²) in [7, 11) is 0. The molecule has 1 fully saturated rings. The lowest BCUT2D eigenvalue weighted by Gasteiger charge is -2.32. The zero-order chi connectivity index (χ0) is 14.5. The lowest BCUT2D eigenvalue weighted by Crippen LogP contribution is -2.40. The Morgan fingerprint density at radius 3 is 2.60 bits per heavy atom. The van der Waals surface area contributed by atoms with Crippen molar-refractivity contribution in [2.24, 2.45) is 17.6 Å². The molecule has 3 heteroatoms. The first-order chi connectivity index (χ1) is 9.56. The van der Waals surface area contributed by atoms with Crippen LogP contribution in [0.3, 0.4) is 0 Å². The van der Waals surface area contributed by atoms with Crippen LogP contribution in [0.4, 0.5) is 0 Å². The van der Waals surface area contributed by atoms with Gasteiger partial charge in [0.15, 0.2) is 0 Å². The smallest absolute Gasteiger partial charge is 0.222 e. The third kappa shape index (κ3) is 4.07. The zero-order valence-corrected chi connectivity index (χ0v) is 12.5. The van der Waals surface area contributed by atoms with Crippen molar-refractivity contribution in [2.45, 2.75) is 51.6 Å². The highest BCUT2D eigenvalue weighted by Gasteiger charge is 2.25. The average Bonchev–Trinajstić information content (AvgIpc) is 2.44. The Hall–Kier alpha value is -1.35. The first-order valence-corrected chi connectivity index (χ1v) is 7.66. The Labute approximate surface area is 121 Å². The number of benzene rings is 1. The third-order valence-corrected chi connectivity index (χ3v) is 4.60. The fourth-order valence-electron chi connectivity index (χ4n) is 2.98. The molecule has 0 aliphatic heterocycles. The Morgan fingerprint density at radius 1 is 1.25 bits per heavy atom. The molecular weight excluding hydrogens is 248 g/mol. The van der Waals surface area contributed by atoms with Crippen molar-refractivity contribution in [2.75, 3.05) is 0 Å². The van der Waals surface area contributed by atoms with E-state index in [4.69, 9.17) is 5.73 Å². The SMILES string of the molecule is CC1CCC(NC(=O)CC(N)c2ccccc2)CC1C. The summed E-state index contributed by atoms with van der Waals surface area (Å²) < 4.78 is 0. The van der Waals surface area contributed by atoms with E-state index in [9.17, 15) is 4.79 Å². The van der Waals surface area contributed by atoms with Crippen LogP contribution in [0.25, 0.3) is 0 Å². The average molecular weight is 274 g/mol. The number of carbonyl (C=O) groups excluding carboxylic acids is 1. The van der Waals surface area contributed by atoms with Crippen LogP contribution in [-0.4, -0.2) is 11.9 Å². The summed E-state index contributed by atoms with van der Waals surface area (Å²) in [6.45, 7) is 4.58. The van der Waals surface area contributed by atoms with Crippen molar-refractivity contribution in [3.63, 3.8) is 0 Å². The van der Waals surface area contributed by atoms with Gasteiger partial charge < -0.3 is 11.1 Å². The standard InChI is InChI=1S/C17H26N2O/c1-12-8-9-15(10-13(12)2)19-17(20)11-16(18)14-6-4-3-5-7-14/h3-7,12-13,15-16H,8-11,18H2,1-2H3,(H,19,20). The summed E-state index contributed by atoms with van der Waals surface area (Å²) >= 11 is 0. The molecule has 110 valence electrons. The maximum absolute atomic E-state index is 12.1. The van der Waals surface area contributed by atoms with Gasteiger partial charge in [-0.25, -0.2) is 0 Å². The molecule has 0 spiro atoms. The highest BCUT2D eigenvalue weighted by Crippen LogP contribution is 2.29. The monoisotopic (exact) mass is 274 g/mol. The van der Waals surface area contributed by atoms with E-state index in [1.165, 1.54) is 6.42 Å². The number of rotatable bonds is 4. The molecule has 3 nitrogen and oxygen atoms in total. The molecule has 0 aromatic heterocycles. The molecule has 1 saturated carbocycles. The number of hydrogen-bond donors (Lipinski definition) is 2. The van der Waals surface area contributed by atoms with Gasteiger partial charge in [-0.2, -0.15) is 0 Å². The number of hydrogen-bond acceptors (Lipinski definition) is 2. The molecule has 1 aromatic rings. The van der Waals surface area contributed by atoms with Crippen LogP contribution < -0.4 is 11.1 Å². The van der Waals surface area contributed by atoms with Gasteiger partial charge in [-0.05, 0) is 36.7 Å². The first-order valence-electron chi connectivity index (χ1n) is 7.66. The Kier molecular flexibility index (Phi) is 5.18. The van der Waals surface area contributed by atoms with Crippen LogP contribution in [0.2, 0.25) is 0 Å². The van der Waals surface area contributed by atoms with Crippen molar-refractivity contribution >= 4 is 5.91 Å². The van der Waals surface area contributed by atoms with Crippen LogP contribution in [0.5, 0.6) is 0 Å². The van der Waals surface area contributed by atoms with Gasteiger partial charge in [-0.3, -0.25) is 4.79 Å². The molecule has 20 heavy (non-hydrogen) atoms. The molecule has 0 radical (unpaired) electrons. The van der Waals surface area contributed by atoms with Crippen molar-refractivity contribution in [1.82, 2.24) is 5.32 Å². The Morgan fingerprint density at radius 2 is 1.95 bits per heavy atom. The summed E-state index contributed by atoms with van der Waals surface area (Å²) in [6, 6.07) is 9.94. The Bertz CT molecular complexity index is 432. The molecule has 0 bridgehead atoms. The summed E-state index contributed by atoms with van der Waals surface area (Å²) in [5.41, 5.74) is 7.11. The molecular formula is C17H26N2O. The number of amides is 1. The number of carbonyl (C=O) groups is 1. The normalized spacial score (nSPS) is 27.9. The van der Waals surface area contributed by atoms with E-state index in [2.05, 4.69) is 19.2 Å². The molecule has 1 aliphatic carbocycles. The van der Waals surface area contributed by atoms with Crippen molar-refractivity contribution in [1.29, 1.82) is 0 Å². The highest BCUT2D eigenvalue weighted by molar-refractivity contribution is 5.77. The predicted molar refractivity (Wildman–Crippen MR) is 82.1 cm³/mol. The Balaban J connectivity index is 1.81. The highest BCUT2D eigenvalue weighted by atomic mass is 16.1. The van der Waals surface area contributed by atoms with E-state index in [1.807, 2.05) is 30.3 Å². The van der Waals surface area contributed by atoms with E-state index in [1.54, 1.807) is 0 Å². The van der Waals surface area contributed by atoms with Gasteiger partial charge in [0.1, 0.15) is 0 Å². The van der Waals surface area contributed by atoms with Gasteiger partial charge in [0.25, 0.3) is 0 Å². The lowest BCUT2D eigenvalue weighted by atomic mass is 9.79. The largest absolute Gasteiger partial charge is 0.353 e. The van der Waals surface area contributed by atoms with E-state index >= 15 is 0 Å². The minimum Gasteiger partial charge on any atom is -0.353 e. The second kappa shape index (κ2) is 6.89. The van der Waals surface area contributed by atoms with Crippen LogP contribution >= 0.6 is 0 Å². The van der Waals surface area contributed by atoms with Crippen molar-refractivity contribution in [3.05, 3.63) is 35.9 Å². The fraction of sp³-hybridized carbons (Fsp3) is 0.588. The predicted octanol–water partition coefficient (Wildman–Crippen LogP) is 3.02. The minimum atomic E-state index is -0.212. The summed E-state index contributed by atoms with van der Waals surface area (Å²) in [5, 5.41) is 3.15. The molecule has 3 N–H and O–H groups in total. The van der Waals surface area contributed by atoms with Gasteiger partial charge in [0.05, 0.1) is 0 Å². The van der Waals surface area contributed by atoms with Crippen LogP contribution in [0.1, 0.15) is 51.1 Å². The van der Waals surface area contributed by atoms with Crippen molar-refractivity contribution in [3.8, 4) is 0 Å². The molecule has 0 saturated heterocycles. The van der Waals surface area contributed by atoms with Gasteiger partial charge in [-0.1, -0.05) is 44.2 Å². The molecule has 0 heterocycles. The van der Waals surface area contributed by atoms with Crippen molar-refractivity contribution < 1.29 is 4.79 Å². The van der Waals surface area contributed by atoms with E-state index in [0.717, 1.165) is 24.3 Å². The summed E-state index contributed by atoms with van der Waals surface area (Å²) in [6.07, 6.45) is 3.76. The quantitative estimate of drug-likeness (QED) is 0.886. The van der Waals surface area contributed by atoms with Gasteiger partial charge in [-0.15, -0.1) is 0 Å². The van der Waals surface area contributed by atoms with Crippen LogP contribution in [-0.2, 0) is 4.79 Å². The van der Waals surface area contributed by atoms with E-state index in [0.29, 0.717) is 18.4 Å². The van der Waals surface area contributed by atoms with E-state index in [-0.39, 0.29) is 11.9 Å². The molecule has 1 aromatic carbocycles. The summed E-state index contributed by atoms with van der Waals surface area (Å²) in [5.74, 6) is 1.54. The minimum absolute atomic E-state index is 0.0770. The van der Waals surface area contributed by atoms with Gasteiger partial charge >= 0.3 is 0 Å². The molecule has 4 atom stereocenters. The number of nitrogens with two attached hydrogens (primary N) is 1. The van der Waals surface area contributed by atoms with E-state index < -0.39 is 0 Å². The lowest BCUT2D eigenvalue weighted by molar-refractivity contribution is -0.122. The maximum atomic E-state index is 12.1. The molecule has 2 rings (SSSR count). The topological polar surface area (TPSA) is 55.1 Å². The van der Waals surface area contributed by atoms with Crippen LogP contribution in [0.15, 0.2) is 30.3 Å². The second-order valence-electron chi connectivity index (χ2n) is 6.25. The third-order valence-electron chi connectivity index (χ3n) is 4.60. The second-order valence-corrected chi connectivity index (χ2v) is 6.25. The molecule has 4 unspecified atom stereocenters. The molecule has 1 amide bonds. The first kappa shape index (κ1) is 15.0. The van der Waals surface area contributed by atoms with Gasteiger partial charge in [0.2, 0.25) is 5.91 Å². The molecule has 1 aliphatic rings. The zero-order valence-electron chi connectivity index (χ0n) is 12.5.